The second kappa shape index (κ2) is 6.82. The highest BCUT2D eigenvalue weighted by molar-refractivity contribution is 5.87. The van der Waals surface area contributed by atoms with Gasteiger partial charge >= 0.3 is 0 Å². The minimum Gasteiger partial charge on any atom is -0.391 e. The number of carbonyl (C=O) groups is 1. The summed E-state index contributed by atoms with van der Waals surface area (Å²) in [5.41, 5.74) is 1.72. The van der Waals surface area contributed by atoms with E-state index in [1.807, 2.05) is 0 Å². The van der Waals surface area contributed by atoms with E-state index in [1.54, 1.807) is 0 Å². The summed E-state index contributed by atoms with van der Waals surface area (Å²) >= 11 is 0. The fourth-order valence-corrected chi connectivity index (χ4v) is 8.25. The highest BCUT2D eigenvalue weighted by atomic mass is 16.6. The fraction of sp³-hybridized carbons (Fsp3) is 0.917. The van der Waals surface area contributed by atoms with Crippen LogP contribution in [0.3, 0.4) is 0 Å². The van der Waals surface area contributed by atoms with Crippen molar-refractivity contribution in [1.29, 1.82) is 0 Å². The number of nitrogens with zero attached hydrogens (tertiary/aromatic N) is 1. The summed E-state index contributed by atoms with van der Waals surface area (Å²) in [6, 6.07) is 0. The summed E-state index contributed by atoms with van der Waals surface area (Å²) < 4.78 is 0. The SMILES string of the molecule is C[C@H]1C[C@@H]2[C@H](CC[C@]3(C)C(=O)CC[C@@H]23)[C@@]2(C)CCC(=NO[C@@H]3CCNC3)CC12. The zero-order valence-corrected chi connectivity index (χ0v) is 18.0. The zero-order valence-electron chi connectivity index (χ0n) is 18.0. The van der Waals surface area contributed by atoms with E-state index >= 15 is 0 Å². The minimum atomic E-state index is -0.00543. The number of oxime groups is 1. The molecule has 1 aliphatic heterocycles. The molecule has 4 heteroatoms. The molecule has 1 N–H and O–H groups in total. The van der Waals surface area contributed by atoms with Crippen molar-refractivity contribution in [2.45, 2.75) is 84.7 Å². The first-order chi connectivity index (χ1) is 13.4. The van der Waals surface area contributed by atoms with Crippen LogP contribution in [0.25, 0.3) is 0 Å². The van der Waals surface area contributed by atoms with Gasteiger partial charge in [-0.1, -0.05) is 25.9 Å². The molecule has 28 heavy (non-hydrogen) atoms. The van der Waals surface area contributed by atoms with Gasteiger partial charge in [-0.05, 0) is 86.5 Å². The maximum absolute atomic E-state index is 12.6. The molecule has 0 bridgehead atoms. The topological polar surface area (TPSA) is 50.7 Å². The van der Waals surface area contributed by atoms with Gasteiger partial charge in [0.1, 0.15) is 11.9 Å². The van der Waals surface area contributed by atoms with E-state index in [0.717, 1.165) is 75.3 Å². The molecule has 0 radical (unpaired) electrons. The quantitative estimate of drug-likeness (QED) is 0.707. The van der Waals surface area contributed by atoms with Crippen LogP contribution in [-0.2, 0) is 9.63 Å². The van der Waals surface area contributed by atoms with Gasteiger partial charge in [0.15, 0.2) is 0 Å². The molecule has 5 aliphatic rings. The molecular weight excluding hydrogens is 348 g/mol. The highest BCUT2D eigenvalue weighted by Crippen LogP contribution is 2.66. The highest BCUT2D eigenvalue weighted by Gasteiger charge is 2.61. The summed E-state index contributed by atoms with van der Waals surface area (Å²) in [6.45, 7) is 9.36. The lowest BCUT2D eigenvalue weighted by atomic mass is 9.43. The van der Waals surface area contributed by atoms with Crippen LogP contribution in [0.2, 0.25) is 0 Å². The molecule has 4 saturated carbocycles. The number of ketones is 1. The van der Waals surface area contributed by atoms with Crippen molar-refractivity contribution < 1.29 is 9.63 Å². The summed E-state index contributed by atoms with van der Waals surface area (Å²) in [5.74, 6) is 4.23. The molecule has 4 nitrogen and oxygen atoms in total. The van der Waals surface area contributed by atoms with Crippen molar-refractivity contribution in [3.8, 4) is 0 Å². The third-order valence-corrected chi connectivity index (χ3v) is 9.92. The first-order valence-corrected chi connectivity index (χ1v) is 11.9. The zero-order chi connectivity index (χ0) is 19.5. The summed E-state index contributed by atoms with van der Waals surface area (Å²) in [7, 11) is 0. The molecule has 1 saturated heterocycles. The lowest BCUT2D eigenvalue weighted by molar-refractivity contribution is -0.141. The van der Waals surface area contributed by atoms with Gasteiger partial charge in [-0.25, -0.2) is 0 Å². The van der Waals surface area contributed by atoms with Gasteiger partial charge < -0.3 is 10.2 Å². The number of rotatable bonds is 2. The Bertz CT molecular complexity index is 670. The second-order valence-corrected chi connectivity index (χ2v) is 11.2. The Kier molecular flexibility index (Phi) is 4.65. The lowest BCUT2D eigenvalue weighted by Gasteiger charge is -2.61. The van der Waals surface area contributed by atoms with Crippen molar-refractivity contribution >= 4 is 11.5 Å². The number of nitrogens with one attached hydrogen (secondary N) is 1. The van der Waals surface area contributed by atoms with E-state index in [0.29, 0.717) is 17.1 Å². The average Bonchev–Trinajstić information content (AvgIpc) is 3.29. The molecule has 4 aliphatic carbocycles. The molecule has 1 heterocycles. The van der Waals surface area contributed by atoms with Gasteiger partial charge in [0.25, 0.3) is 0 Å². The van der Waals surface area contributed by atoms with E-state index < -0.39 is 0 Å². The molecule has 156 valence electrons. The molecule has 5 fully saturated rings. The normalized spacial score (nSPS) is 52.2. The number of carbonyl (C=O) groups excluding carboxylic acids is 1. The predicted octanol–water partition coefficient (Wildman–Crippen LogP) is 4.58. The van der Waals surface area contributed by atoms with E-state index in [1.165, 1.54) is 25.0 Å². The van der Waals surface area contributed by atoms with E-state index in [2.05, 4.69) is 31.2 Å². The van der Waals surface area contributed by atoms with Crippen molar-refractivity contribution in [3.05, 3.63) is 0 Å². The number of Topliss-reactive ketones (excluding diaryl/α,β-unsaturated/α-hetero) is 1. The molecule has 0 spiro atoms. The van der Waals surface area contributed by atoms with E-state index in [-0.39, 0.29) is 11.5 Å². The van der Waals surface area contributed by atoms with Crippen LogP contribution < -0.4 is 5.32 Å². The average molecular weight is 387 g/mol. The third kappa shape index (κ3) is 2.80. The first-order valence-electron chi connectivity index (χ1n) is 11.9. The van der Waals surface area contributed by atoms with Crippen molar-refractivity contribution in [2.24, 2.45) is 45.6 Å². The van der Waals surface area contributed by atoms with Gasteiger partial charge in [-0.3, -0.25) is 4.79 Å². The summed E-state index contributed by atoms with van der Waals surface area (Å²) in [6.07, 6.45) is 10.5. The molecule has 5 rings (SSSR count). The third-order valence-electron chi connectivity index (χ3n) is 9.92. The molecule has 0 aromatic carbocycles. The van der Waals surface area contributed by atoms with Crippen LogP contribution in [0, 0.1) is 40.4 Å². The summed E-state index contributed by atoms with van der Waals surface area (Å²) in [5, 5.41) is 7.99. The Morgan fingerprint density at radius 3 is 2.71 bits per heavy atom. The van der Waals surface area contributed by atoms with E-state index in [9.17, 15) is 4.79 Å². The lowest BCUT2D eigenvalue weighted by Crippen LogP contribution is -2.56. The molecule has 0 aromatic rings. The predicted molar refractivity (Wildman–Crippen MR) is 111 cm³/mol. The van der Waals surface area contributed by atoms with Crippen LogP contribution in [0.1, 0.15) is 78.6 Å². The van der Waals surface area contributed by atoms with Crippen LogP contribution in [0.4, 0.5) is 0 Å². The van der Waals surface area contributed by atoms with Gasteiger partial charge in [0.2, 0.25) is 0 Å². The largest absolute Gasteiger partial charge is 0.391 e. The van der Waals surface area contributed by atoms with Crippen LogP contribution in [-0.4, -0.2) is 30.7 Å². The van der Waals surface area contributed by atoms with Gasteiger partial charge in [0, 0.05) is 24.8 Å². The Morgan fingerprint density at radius 2 is 1.93 bits per heavy atom. The Balaban J connectivity index is 1.34. The van der Waals surface area contributed by atoms with Crippen molar-refractivity contribution in [1.82, 2.24) is 5.32 Å². The minimum absolute atomic E-state index is 0.00543. The molecule has 8 atom stereocenters. The maximum atomic E-state index is 12.6. The van der Waals surface area contributed by atoms with Crippen LogP contribution in [0.5, 0.6) is 0 Å². The fourth-order valence-electron chi connectivity index (χ4n) is 8.25. The molecule has 0 aromatic heterocycles. The standard InChI is InChI=1S/C24H38N2O2/c1-15-12-18-19-4-5-22(27)24(19,3)10-7-20(18)23(2)9-6-16(13-21(15)23)26-28-17-8-11-25-14-17/h15,17-21,25H,4-14H2,1-3H3/t15-,17+,18-,19-,20-,21?,23+,24-/m0/s1. The molecular formula is C24H38N2O2. The van der Waals surface area contributed by atoms with Crippen molar-refractivity contribution in [3.63, 3.8) is 0 Å². The smallest absolute Gasteiger partial charge is 0.141 e. The Morgan fingerprint density at radius 1 is 1.07 bits per heavy atom. The van der Waals surface area contributed by atoms with E-state index in [4.69, 9.17) is 4.84 Å². The Labute approximate surface area is 170 Å². The van der Waals surface area contributed by atoms with Gasteiger partial charge in [-0.15, -0.1) is 0 Å². The molecule has 0 amide bonds. The Hall–Kier alpha value is -0.900. The number of fused-ring (bicyclic) bond motifs is 5. The number of hydrogen-bond acceptors (Lipinski definition) is 4. The van der Waals surface area contributed by atoms with Gasteiger partial charge in [0.05, 0.1) is 5.71 Å². The second-order valence-electron chi connectivity index (χ2n) is 11.2. The van der Waals surface area contributed by atoms with Crippen molar-refractivity contribution in [2.75, 3.05) is 13.1 Å². The molecule has 1 unspecified atom stereocenters. The summed E-state index contributed by atoms with van der Waals surface area (Å²) in [4.78, 5) is 18.5. The van der Waals surface area contributed by atoms with Gasteiger partial charge in [-0.2, -0.15) is 0 Å². The first kappa shape index (κ1) is 19.1. The monoisotopic (exact) mass is 386 g/mol. The number of hydrogen-bond donors (Lipinski definition) is 1. The van der Waals surface area contributed by atoms with Crippen LogP contribution in [0.15, 0.2) is 5.16 Å². The maximum Gasteiger partial charge on any atom is 0.141 e. The van der Waals surface area contributed by atoms with Crippen LogP contribution >= 0.6 is 0 Å².